The Hall–Kier alpha value is -0.0800. The van der Waals surface area contributed by atoms with Crippen LogP contribution in [0, 0.1) is 17.3 Å². The zero-order valence-electron chi connectivity index (χ0n) is 13.8. The molecule has 0 amide bonds. The fraction of sp³-hybridized carbons (Fsp3) is 1.00. The molecule has 20 heavy (non-hydrogen) atoms. The van der Waals surface area contributed by atoms with Gasteiger partial charge in [-0.1, -0.05) is 26.7 Å². The molecule has 0 radical (unpaired) electrons. The molecule has 0 aromatic carbocycles. The van der Waals surface area contributed by atoms with Gasteiger partial charge in [-0.05, 0) is 56.3 Å². The van der Waals surface area contributed by atoms with Crippen LogP contribution in [0.1, 0.15) is 65.7 Å². The number of nitrogens with zero attached hydrogens (tertiary/aromatic N) is 1. The molecule has 0 aromatic heterocycles. The Morgan fingerprint density at radius 2 is 1.80 bits per heavy atom. The lowest BCUT2D eigenvalue weighted by Gasteiger charge is -2.45. The summed E-state index contributed by atoms with van der Waals surface area (Å²) in [7, 11) is 0. The molecule has 3 atom stereocenters. The zero-order chi connectivity index (χ0) is 14.2. The van der Waals surface area contributed by atoms with Crippen molar-refractivity contribution in [3.05, 3.63) is 0 Å². The smallest absolute Gasteiger partial charge is 0.00930 e. The molecular weight excluding hydrogens is 244 g/mol. The maximum Gasteiger partial charge on any atom is 0.00930 e. The Balaban J connectivity index is 1.62. The number of rotatable bonds is 5. The fourth-order valence-electron chi connectivity index (χ4n) is 4.64. The van der Waals surface area contributed by atoms with E-state index in [2.05, 4.69) is 31.0 Å². The van der Waals surface area contributed by atoms with E-state index in [1.807, 2.05) is 0 Å². The van der Waals surface area contributed by atoms with Crippen LogP contribution >= 0.6 is 0 Å². The molecule has 3 rings (SSSR count). The van der Waals surface area contributed by atoms with E-state index in [0.29, 0.717) is 5.41 Å². The second-order valence-electron chi connectivity index (χ2n) is 8.35. The Bertz CT molecular complexity index is 317. The summed E-state index contributed by atoms with van der Waals surface area (Å²) in [5, 5.41) is 3.84. The third kappa shape index (κ3) is 3.39. The lowest BCUT2D eigenvalue weighted by Crippen LogP contribution is -2.52. The fourth-order valence-corrected chi connectivity index (χ4v) is 4.64. The van der Waals surface area contributed by atoms with Gasteiger partial charge >= 0.3 is 0 Å². The van der Waals surface area contributed by atoms with E-state index in [-0.39, 0.29) is 0 Å². The quantitative estimate of drug-likeness (QED) is 0.825. The minimum atomic E-state index is 0.591. The molecule has 1 heterocycles. The predicted molar refractivity (Wildman–Crippen MR) is 85.9 cm³/mol. The lowest BCUT2D eigenvalue weighted by atomic mass is 9.81. The second-order valence-corrected chi connectivity index (χ2v) is 8.35. The Labute approximate surface area is 125 Å². The van der Waals surface area contributed by atoms with E-state index in [0.717, 1.165) is 23.9 Å². The molecule has 0 spiro atoms. The SMILES string of the molecule is CC1CC(C)C(C)N(CC2(CNC3CC3)CCCC2)C1. The van der Waals surface area contributed by atoms with Crippen LogP contribution in [0.2, 0.25) is 0 Å². The first kappa shape index (κ1) is 14.8. The normalized spacial score (nSPS) is 38.2. The average molecular weight is 278 g/mol. The molecule has 1 N–H and O–H groups in total. The largest absolute Gasteiger partial charge is 0.313 e. The molecule has 2 nitrogen and oxygen atoms in total. The van der Waals surface area contributed by atoms with E-state index < -0.39 is 0 Å². The highest BCUT2D eigenvalue weighted by Crippen LogP contribution is 2.41. The van der Waals surface area contributed by atoms with Crippen molar-refractivity contribution in [3.8, 4) is 0 Å². The van der Waals surface area contributed by atoms with Gasteiger partial charge in [-0.15, -0.1) is 0 Å². The van der Waals surface area contributed by atoms with E-state index in [9.17, 15) is 0 Å². The number of piperidine rings is 1. The van der Waals surface area contributed by atoms with Gasteiger partial charge < -0.3 is 5.32 Å². The topological polar surface area (TPSA) is 15.3 Å². The van der Waals surface area contributed by atoms with Crippen molar-refractivity contribution in [1.29, 1.82) is 0 Å². The van der Waals surface area contributed by atoms with Crippen molar-refractivity contribution in [2.45, 2.75) is 77.8 Å². The second kappa shape index (κ2) is 5.96. The summed E-state index contributed by atoms with van der Waals surface area (Å²) >= 11 is 0. The van der Waals surface area contributed by atoms with Gasteiger partial charge in [0.05, 0.1) is 0 Å². The lowest BCUT2D eigenvalue weighted by molar-refractivity contribution is 0.0370. The van der Waals surface area contributed by atoms with Crippen molar-refractivity contribution < 1.29 is 0 Å². The number of hydrogen-bond acceptors (Lipinski definition) is 2. The number of likely N-dealkylation sites (tertiary alicyclic amines) is 1. The van der Waals surface area contributed by atoms with Gasteiger partial charge in [0.1, 0.15) is 0 Å². The molecule has 2 aliphatic carbocycles. The summed E-state index contributed by atoms with van der Waals surface area (Å²) in [5.74, 6) is 1.75. The van der Waals surface area contributed by atoms with Crippen LogP contribution in [0.15, 0.2) is 0 Å². The van der Waals surface area contributed by atoms with Gasteiger partial charge in [0.2, 0.25) is 0 Å². The zero-order valence-corrected chi connectivity index (χ0v) is 13.8. The Kier molecular flexibility index (Phi) is 4.42. The van der Waals surface area contributed by atoms with Gasteiger partial charge in [-0.3, -0.25) is 4.90 Å². The van der Waals surface area contributed by atoms with Crippen LogP contribution in [-0.4, -0.2) is 36.6 Å². The first-order chi connectivity index (χ1) is 9.58. The molecular formula is C18H34N2. The van der Waals surface area contributed by atoms with Gasteiger partial charge in [-0.2, -0.15) is 0 Å². The van der Waals surface area contributed by atoms with Gasteiger partial charge in [0, 0.05) is 31.7 Å². The van der Waals surface area contributed by atoms with Crippen molar-refractivity contribution in [1.82, 2.24) is 10.2 Å². The molecule has 2 saturated carbocycles. The van der Waals surface area contributed by atoms with Crippen LogP contribution in [0.5, 0.6) is 0 Å². The molecule has 116 valence electrons. The van der Waals surface area contributed by atoms with Crippen LogP contribution in [0.25, 0.3) is 0 Å². The van der Waals surface area contributed by atoms with Gasteiger partial charge in [0.15, 0.2) is 0 Å². The summed E-state index contributed by atoms with van der Waals surface area (Å²) in [5.41, 5.74) is 0.591. The van der Waals surface area contributed by atoms with Crippen LogP contribution < -0.4 is 5.32 Å². The van der Waals surface area contributed by atoms with Crippen LogP contribution in [0.4, 0.5) is 0 Å². The molecule has 3 unspecified atom stereocenters. The van der Waals surface area contributed by atoms with Gasteiger partial charge in [0.25, 0.3) is 0 Å². The van der Waals surface area contributed by atoms with Crippen molar-refractivity contribution in [2.75, 3.05) is 19.6 Å². The molecule has 0 bridgehead atoms. The van der Waals surface area contributed by atoms with Crippen molar-refractivity contribution in [3.63, 3.8) is 0 Å². The average Bonchev–Trinajstić information content (AvgIpc) is 3.13. The third-order valence-corrected chi connectivity index (χ3v) is 6.27. The summed E-state index contributed by atoms with van der Waals surface area (Å²) in [6.45, 7) is 11.3. The van der Waals surface area contributed by atoms with Crippen molar-refractivity contribution in [2.24, 2.45) is 17.3 Å². The molecule has 1 aliphatic heterocycles. The van der Waals surface area contributed by atoms with Crippen LogP contribution in [-0.2, 0) is 0 Å². The highest BCUT2D eigenvalue weighted by molar-refractivity contribution is 4.95. The first-order valence-electron chi connectivity index (χ1n) is 9.05. The standard InChI is InChI=1S/C18H34N2/c1-14-10-15(2)16(3)20(11-14)13-18(8-4-5-9-18)12-19-17-6-7-17/h14-17,19H,4-13H2,1-3H3. The Morgan fingerprint density at radius 1 is 1.10 bits per heavy atom. The third-order valence-electron chi connectivity index (χ3n) is 6.27. The van der Waals surface area contributed by atoms with E-state index >= 15 is 0 Å². The van der Waals surface area contributed by atoms with E-state index in [1.165, 1.54) is 64.6 Å². The van der Waals surface area contributed by atoms with Crippen molar-refractivity contribution >= 4 is 0 Å². The van der Waals surface area contributed by atoms with E-state index in [4.69, 9.17) is 0 Å². The summed E-state index contributed by atoms with van der Waals surface area (Å²) in [6.07, 6.45) is 10.1. The number of hydrogen-bond donors (Lipinski definition) is 1. The predicted octanol–water partition coefficient (Wildman–Crippen LogP) is 3.67. The summed E-state index contributed by atoms with van der Waals surface area (Å²) in [4.78, 5) is 2.83. The maximum atomic E-state index is 3.84. The minimum Gasteiger partial charge on any atom is -0.313 e. The monoisotopic (exact) mass is 278 g/mol. The van der Waals surface area contributed by atoms with Crippen LogP contribution in [0.3, 0.4) is 0 Å². The van der Waals surface area contributed by atoms with Gasteiger partial charge in [-0.25, -0.2) is 0 Å². The minimum absolute atomic E-state index is 0.591. The first-order valence-corrected chi connectivity index (χ1v) is 9.05. The van der Waals surface area contributed by atoms with E-state index in [1.54, 1.807) is 0 Å². The Morgan fingerprint density at radius 3 is 2.45 bits per heavy atom. The highest BCUT2D eigenvalue weighted by atomic mass is 15.2. The summed E-state index contributed by atoms with van der Waals surface area (Å²) in [6, 6.07) is 1.65. The molecule has 3 aliphatic rings. The maximum absolute atomic E-state index is 3.84. The molecule has 2 heteroatoms. The summed E-state index contributed by atoms with van der Waals surface area (Å²) < 4.78 is 0. The molecule has 0 aromatic rings. The highest BCUT2D eigenvalue weighted by Gasteiger charge is 2.40. The number of nitrogens with one attached hydrogen (secondary N) is 1. The molecule has 3 fully saturated rings. The molecule has 1 saturated heterocycles.